The lowest BCUT2D eigenvalue weighted by molar-refractivity contribution is 0.584. The second-order valence-corrected chi connectivity index (χ2v) is 8.89. The highest BCUT2D eigenvalue weighted by molar-refractivity contribution is 9.11. The first-order valence-electron chi connectivity index (χ1n) is 5.46. The molecule has 2 aromatic rings. The molecule has 106 valence electrons. The molecule has 1 heterocycles. The predicted molar refractivity (Wildman–Crippen MR) is 88.7 cm³/mol. The molecule has 0 unspecified atom stereocenters. The zero-order chi connectivity index (χ0) is 14.8. The van der Waals surface area contributed by atoms with Gasteiger partial charge < -0.3 is 0 Å². The van der Waals surface area contributed by atoms with Crippen molar-refractivity contribution in [3.05, 3.63) is 49.5 Å². The molecule has 0 amide bonds. The molecule has 0 fully saturated rings. The Morgan fingerprint density at radius 2 is 1.80 bits per heavy atom. The van der Waals surface area contributed by atoms with Gasteiger partial charge in [0.15, 0.2) is 0 Å². The Balaban J connectivity index is 2.18. The van der Waals surface area contributed by atoms with E-state index in [4.69, 9.17) is 0 Å². The van der Waals surface area contributed by atoms with Gasteiger partial charge in [-0.2, -0.15) is 18.4 Å². The number of rotatable bonds is 4. The molecule has 1 aromatic heterocycles. The molecule has 8 heteroatoms. The summed E-state index contributed by atoms with van der Waals surface area (Å²) in [6.07, 6.45) is 0. The largest absolute Gasteiger partial charge is 0.276 e. The van der Waals surface area contributed by atoms with Crippen molar-refractivity contribution in [3.63, 3.8) is 0 Å². The van der Waals surface area contributed by atoms with Gasteiger partial charge >= 0.3 is 0 Å². The molecule has 1 N–H and O–H groups in total. The van der Waals surface area contributed by atoms with Gasteiger partial charge in [0, 0.05) is 4.47 Å². The quantitative estimate of drug-likeness (QED) is 0.580. The van der Waals surface area contributed by atoms with Gasteiger partial charge in [0.2, 0.25) is 0 Å². The average Bonchev–Trinajstić information content (AvgIpc) is 2.83. The van der Waals surface area contributed by atoms with Crippen LogP contribution < -0.4 is 4.83 Å². The van der Waals surface area contributed by atoms with Crippen molar-refractivity contribution < 1.29 is 8.42 Å². The fraction of sp³-hybridized carbons (Fsp3) is 0.0833. The van der Waals surface area contributed by atoms with Crippen molar-refractivity contribution in [3.8, 4) is 0 Å². The lowest BCUT2D eigenvalue weighted by atomic mass is 10.3. The van der Waals surface area contributed by atoms with Gasteiger partial charge in [-0.3, -0.25) is 0 Å². The first-order valence-corrected chi connectivity index (χ1v) is 9.34. The topological polar surface area (TPSA) is 58.5 Å². The van der Waals surface area contributed by atoms with Gasteiger partial charge in [-0.1, -0.05) is 15.9 Å². The van der Waals surface area contributed by atoms with E-state index in [0.717, 1.165) is 13.1 Å². The van der Waals surface area contributed by atoms with Crippen LogP contribution in [0.3, 0.4) is 0 Å². The SMILES string of the molecule is C/C(=N\NS(=O)(=O)c1ccc(Br)cc1)c1ccc(Br)s1. The molecule has 0 saturated heterocycles. The van der Waals surface area contributed by atoms with Gasteiger partial charge in [-0.05, 0) is 59.3 Å². The Morgan fingerprint density at radius 3 is 2.35 bits per heavy atom. The molecular formula is C12H10Br2N2O2S2. The fourth-order valence-electron chi connectivity index (χ4n) is 1.36. The molecule has 20 heavy (non-hydrogen) atoms. The zero-order valence-electron chi connectivity index (χ0n) is 10.3. The van der Waals surface area contributed by atoms with Crippen LogP contribution in [-0.4, -0.2) is 14.1 Å². The predicted octanol–water partition coefficient (Wildman–Crippen LogP) is 3.98. The minimum Gasteiger partial charge on any atom is -0.200 e. The van der Waals surface area contributed by atoms with Crippen molar-refractivity contribution in [2.45, 2.75) is 11.8 Å². The number of halogens is 2. The number of sulfonamides is 1. The summed E-state index contributed by atoms with van der Waals surface area (Å²) in [5, 5.41) is 3.93. The van der Waals surface area contributed by atoms with E-state index >= 15 is 0 Å². The molecular weight excluding hydrogens is 428 g/mol. The standard InChI is InChI=1S/C12H10Br2N2O2S2/c1-8(11-6-7-12(14)19-11)15-16-20(17,18)10-4-2-9(13)3-5-10/h2-7,16H,1H3/b15-8+. The first kappa shape index (κ1) is 15.7. The number of nitrogens with one attached hydrogen (secondary N) is 1. The summed E-state index contributed by atoms with van der Waals surface area (Å²) < 4.78 is 25.9. The van der Waals surface area contributed by atoms with Crippen molar-refractivity contribution in [1.29, 1.82) is 0 Å². The summed E-state index contributed by atoms with van der Waals surface area (Å²) in [6.45, 7) is 1.75. The summed E-state index contributed by atoms with van der Waals surface area (Å²) in [4.78, 5) is 3.31. The van der Waals surface area contributed by atoms with Gasteiger partial charge in [0.25, 0.3) is 10.0 Å². The highest BCUT2D eigenvalue weighted by Crippen LogP contribution is 2.22. The lowest BCUT2D eigenvalue weighted by Crippen LogP contribution is -2.19. The number of thiophene rings is 1. The summed E-state index contributed by atoms with van der Waals surface area (Å²) >= 11 is 8.11. The summed E-state index contributed by atoms with van der Waals surface area (Å²) in [6, 6.07) is 10.1. The average molecular weight is 438 g/mol. The van der Waals surface area contributed by atoms with E-state index in [1.807, 2.05) is 12.1 Å². The van der Waals surface area contributed by atoms with Gasteiger partial charge in [-0.25, -0.2) is 0 Å². The van der Waals surface area contributed by atoms with Crippen molar-refractivity contribution in [2.24, 2.45) is 5.10 Å². The van der Waals surface area contributed by atoms with E-state index in [9.17, 15) is 8.42 Å². The van der Waals surface area contributed by atoms with E-state index < -0.39 is 10.0 Å². The van der Waals surface area contributed by atoms with E-state index in [1.54, 1.807) is 19.1 Å². The smallest absolute Gasteiger partial charge is 0.200 e. The third kappa shape index (κ3) is 3.91. The summed E-state index contributed by atoms with van der Waals surface area (Å²) in [5.41, 5.74) is 0.612. The van der Waals surface area contributed by atoms with E-state index in [-0.39, 0.29) is 4.90 Å². The monoisotopic (exact) mass is 436 g/mol. The summed E-state index contributed by atoms with van der Waals surface area (Å²) in [7, 11) is -3.64. The molecule has 0 aliphatic heterocycles. The molecule has 0 atom stereocenters. The van der Waals surface area contributed by atoms with Crippen LogP contribution in [0.5, 0.6) is 0 Å². The molecule has 0 saturated carbocycles. The van der Waals surface area contributed by atoms with E-state index in [1.165, 1.54) is 23.5 Å². The third-order valence-corrected chi connectivity index (χ3v) is 5.87. The maximum Gasteiger partial charge on any atom is 0.276 e. The van der Waals surface area contributed by atoms with Crippen LogP contribution in [-0.2, 0) is 10.0 Å². The summed E-state index contributed by atoms with van der Waals surface area (Å²) in [5.74, 6) is 0. The van der Waals surface area contributed by atoms with Crippen molar-refractivity contribution in [2.75, 3.05) is 0 Å². The van der Waals surface area contributed by atoms with E-state index in [0.29, 0.717) is 5.71 Å². The van der Waals surface area contributed by atoms with Gasteiger partial charge in [-0.15, -0.1) is 11.3 Å². The Hall–Kier alpha value is -0.700. The maximum atomic E-state index is 12.0. The van der Waals surface area contributed by atoms with Crippen LogP contribution in [0.4, 0.5) is 0 Å². The Labute approximate surface area is 138 Å². The Kier molecular flexibility index (Phi) is 5.00. The maximum absolute atomic E-state index is 12.0. The highest BCUT2D eigenvalue weighted by atomic mass is 79.9. The highest BCUT2D eigenvalue weighted by Gasteiger charge is 2.13. The van der Waals surface area contributed by atoms with Crippen LogP contribution in [0.1, 0.15) is 11.8 Å². The normalized spacial score (nSPS) is 12.4. The third-order valence-electron chi connectivity index (χ3n) is 2.39. The van der Waals surface area contributed by atoms with Crippen LogP contribution in [0.2, 0.25) is 0 Å². The molecule has 0 aliphatic carbocycles. The van der Waals surface area contributed by atoms with Crippen LogP contribution in [0.15, 0.2) is 54.7 Å². The Bertz CT molecular complexity index is 737. The van der Waals surface area contributed by atoms with Gasteiger partial charge in [0.05, 0.1) is 19.3 Å². The second-order valence-electron chi connectivity index (χ2n) is 3.85. The van der Waals surface area contributed by atoms with Crippen molar-refractivity contribution in [1.82, 2.24) is 4.83 Å². The van der Waals surface area contributed by atoms with Crippen molar-refractivity contribution >= 4 is 58.9 Å². The van der Waals surface area contributed by atoms with E-state index in [2.05, 4.69) is 41.8 Å². The lowest BCUT2D eigenvalue weighted by Gasteiger charge is -2.04. The van der Waals surface area contributed by atoms with Crippen LogP contribution in [0.25, 0.3) is 0 Å². The number of hydrazone groups is 1. The molecule has 0 aliphatic rings. The number of hydrogen-bond acceptors (Lipinski definition) is 4. The fourth-order valence-corrected chi connectivity index (χ4v) is 3.81. The molecule has 2 rings (SSSR count). The van der Waals surface area contributed by atoms with Gasteiger partial charge in [0.1, 0.15) is 0 Å². The Morgan fingerprint density at radius 1 is 1.15 bits per heavy atom. The molecule has 0 spiro atoms. The second kappa shape index (κ2) is 6.38. The number of hydrogen-bond donors (Lipinski definition) is 1. The molecule has 4 nitrogen and oxygen atoms in total. The first-order chi connectivity index (χ1) is 9.38. The molecule has 1 aromatic carbocycles. The molecule has 0 bridgehead atoms. The number of nitrogens with zero attached hydrogens (tertiary/aromatic N) is 1. The minimum absolute atomic E-state index is 0.171. The zero-order valence-corrected chi connectivity index (χ0v) is 15.1. The number of benzene rings is 1. The minimum atomic E-state index is -3.64. The van der Waals surface area contributed by atoms with Crippen LogP contribution in [0, 0.1) is 0 Å². The molecule has 0 radical (unpaired) electrons. The van der Waals surface area contributed by atoms with Crippen LogP contribution >= 0.6 is 43.2 Å².